The fourth-order valence-corrected chi connectivity index (χ4v) is 1.51. The summed E-state index contributed by atoms with van der Waals surface area (Å²) in [5.74, 6) is -16.0. The van der Waals surface area contributed by atoms with Crippen LogP contribution in [0.5, 0.6) is 0 Å². The number of halogens is 16. The van der Waals surface area contributed by atoms with Crippen molar-refractivity contribution in [2.24, 2.45) is 0 Å². The molecule has 0 saturated carbocycles. The molecule has 0 saturated heterocycles. The maximum atomic E-state index is 13.3. The van der Waals surface area contributed by atoms with Gasteiger partial charge in [-0.15, -0.1) is 0 Å². The second kappa shape index (κ2) is 5.34. The molecule has 0 aromatic carbocycles. The minimum absolute atomic E-state index is 1.22. The molecule has 0 heterocycles. The minimum atomic E-state index is -8.24. The summed E-state index contributed by atoms with van der Waals surface area (Å²) < 4.78 is 179. The molecular formula is C7F15I. The Hall–Kier alpha value is -0.320. The van der Waals surface area contributed by atoms with Crippen LogP contribution < -0.4 is 0 Å². The van der Waals surface area contributed by atoms with Gasteiger partial charge in [0.2, 0.25) is 0 Å². The summed E-state index contributed by atoms with van der Waals surface area (Å²) in [6, 6.07) is 0. The molecule has 140 valence electrons. The quantitative estimate of drug-likeness (QED) is 0.265. The topological polar surface area (TPSA) is 0 Å². The molecule has 0 bridgehead atoms. The minimum Gasteiger partial charge on any atom is -0.219 e. The van der Waals surface area contributed by atoms with E-state index in [1.165, 1.54) is 0 Å². The van der Waals surface area contributed by atoms with Gasteiger partial charge in [-0.2, -0.15) is 57.1 Å². The van der Waals surface area contributed by atoms with E-state index in [9.17, 15) is 65.9 Å². The smallest absolute Gasteiger partial charge is 0.219 e. The second-order valence-electron chi connectivity index (χ2n) is 3.87. The number of hydrogen-bond donors (Lipinski definition) is 0. The van der Waals surface area contributed by atoms with Crippen LogP contribution in [0.2, 0.25) is 0 Å². The van der Waals surface area contributed by atoms with Crippen molar-refractivity contribution in [1.29, 1.82) is 0 Å². The summed E-state index contributed by atoms with van der Waals surface area (Å²) in [5, 5.41) is 0. The van der Waals surface area contributed by atoms with Crippen molar-refractivity contribution < 1.29 is 65.9 Å². The highest BCUT2D eigenvalue weighted by Gasteiger charge is 2.95. The monoisotopic (exact) mass is 496 g/mol. The van der Waals surface area contributed by atoms with Gasteiger partial charge in [-0.1, -0.05) is 0 Å². The third-order valence-electron chi connectivity index (χ3n) is 2.36. The second-order valence-corrected chi connectivity index (χ2v) is 5.36. The summed E-state index contributed by atoms with van der Waals surface area (Å²) in [6.07, 6.45) is -22.8. The van der Waals surface area contributed by atoms with Crippen LogP contribution in [0.3, 0.4) is 0 Å². The van der Waals surface area contributed by atoms with Gasteiger partial charge in [-0.3, -0.25) is 0 Å². The summed E-state index contributed by atoms with van der Waals surface area (Å²) in [7, 11) is 0. The third kappa shape index (κ3) is 2.91. The van der Waals surface area contributed by atoms with Gasteiger partial charge in [0.05, 0.1) is 0 Å². The van der Waals surface area contributed by atoms with Crippen LogP contribution >= 0.6 is 22.6 Å². The Bertz CT molecular complexity index is 438. The molecule has 0 aliphatic carbocycles. The standard InChI is InChI=1S/C7F15I/c8-1(5(14,15)16,3(11,12)6(17,18)19)2(9,10)4(13,23)7(20,21)22. The molecule has 2 unspecified atom stereocenters. The molecule has 16 heteroatoms. The molecule has 0 amide bonds. The van der Waals surface area contributed by atoms with E-state index >= 15 is 0 Å². The first-order valence-electron chi connectivity index (χ1n) is 4.52. The molecule has 0 spiro atoms. The normalized spacial score (nSPS) is 20.9. The van der Waals surface area contributed by atoms with E-state index in [-0.39, 0.29) is 0 Å². The van der Waals surface area contributed by atoms with Gasteiger partial charge in [0.1, 0.15) is 0 Å². The van der Waals surface area contributed by atoms with Crippen molar-refractivity contribution in [2.75, 3.05) is 0 Å². The summed E-state index contributed by atoms with van der Waals surface area (Å²) in [6.45, 7) is 0. The zero-order chi connectivity index (χ0) is 19.5. The van der Waals surface area contributed by atoms with E-state index < -0.39 is 62.3 Å². The average Bonchev–Trinajstić information content (AvgIpc) is 2.22. The fourth-order valence-electron chi connectivity index (χ4n) is 1.14. The Morgan fingerprint density at radius 3 is 0.870 bits per heavy atom. The van der Waals surface area contributed by atoms with Crippen molar-refractivity contribution in [1.82, 2.24) is 0 Å². The lowest BCUT2D eigenvalue weighted by atomic mass is 9.85. The van der Waals surface area contributed by atoms with E-state index in [0.717, 1.165) is 0 Å². The van der Waals surface area contributed by atoms with Gasteiger partial charge in [0, 0.05) is 0 Å². The molecule has 0 aromatic heterocycles. The van der Waals surface area contributed by atoms with Crippen molar-refractivity contribution in [3.63, 3.8) is 0 Å². The first-order valence-corrected chi connectivity index (χ1v) is 5.60. The van der Waals surface area contributed by atoms with Gasteiger partial charge in [-0.05, 0) is 22.6 Å². The lowest BCUT2D eigenvalue weighted by Crippen LogP contribution is -2.76. The first kappa shape index (κ1) is 22.7. The highest BCUT2D eigenvalue weighted by atomic mass is 127. The molecular weight excluding hydrogens is 496 g/mol. The Morgan fingerprint density at radius 2 is 0.696 bits per heavy atom. The van der Waals surface area contributed by atoms with Crippen molar-refractivity contribution in [2.45, 2.75) is 39.7 Å². The van der Waals surface area contributed by atoms with Gasteiger partial charge in [0.15, 0.2) is 0 Å². The van der Waals surface area contributed by atoms with Gasteiger partial charge in [-0.25, -0.2) is 8.78 Å². The molecule has 0 fully saturated rings. The third-order valence-corrected chi connectivity index (χ3v) is 3.65. The summed E-state index contributed by atoms with van der Waals surface area (Å²) in [4.78, 5) is 0. The van der Waals surface area contributed by atoms with Gasteiger partial charge in [0.25, 0.3) is 0 Å². The number of hydrogen-bond acceptors (Lipinski definition) is 0. The van der Waals surface area contributed by atoms with Gasteiger partial charge < -0.3 is 0 Å². The lowest BCUT2D eigenvalue weighted by molar-refractivity contribution is -0.440. The predicted octanol–water partition coefficient (Wildman–Crippen LogP) is 5.75. The highest BCUT2D eigenvalue weighted by molar-refractivity contribution is 14.1. The Labute approximate surface area is 129 Å². The first-order chi connectivity index (χ1) is 9.50. The van der Waals surface area contributed by atoms with E-state index in [0.29, 0.717) is 0 Å². The van der Waals surface area contributed by atoms with Crippen molar-refractivity contribution in [3.8, 4) is 0 Å². The van der Waals surface area contributed by atoms with E-state index in [1.54, 1.807) is 0 Å². The largest absolute Gasteiger partial charge is 0.457 e. The molecule has 2 atom stereocenters. The summed E-state index contributed by atoms with van der Waals surface area (Å²) >= 11 is -1.22. The predicted molar refractivity (Wildman–Crippen MR) is 49.8 cm³/mol. The van der Waals surface area contributed by atoms with Crippen LogP contribution in [0.15, 0.2) is 0 Å². The lowest BCUT2D eigenvalue weighted by Gasteiger charge is -2.44. The Kier molecular flexibility index (Phi) is 5.26. The van der Waals surface area contributed by atoms with Gasteiger partial charge >= 0.3 is 39.7 Å². The van der Waals surface area contributed by atoms with Crippen LogP contribution in [0.4, 0.5) is 65.9 Å². The van der Waals surface area contributed by atoms with Crippen LogP contribution in [-0.4, -0.2) is 39.7 Å². The van der Waals surface area contributed by atoms with E-state index in [1.807, 2.05) is 0 Å². The van der Waals surface area contributed by atoms with Crippen LogP contribution in [0.25, 0.3) is 0 Å². The van der Waals surface area contributed by atoms with E-state index in [4.69, 9.17) is 0 Å². The summed E-state index contributed by atoms with van der Waals surface area (Å²) in [5.41, 5.74) is -8.24. The fraction of sp³-hybridized carbons (Fsp3) is 1.00. The molecule has 0 rings (SSSR count). The molecule has 0 aromatic rings. The van der Waals surface area contributed by atoms with Crippen LogP contribution in [-0.2, 0) is 0 Å². The number of alkyl halides is 16. The molecule has 0 radical (unpaired) electrons. The zero-order valence-electron chi connectivity index (χ0n) is 9.55. The molecule has 0 N–H and O–H groups in total. The Balaban J connectivity index is 6.81. The molecule has 23 heavy (non-hydrogen) atoms. The van der Waals surface area contributed by atoms with E-state index in [2.05, 4.69) is 0 Å². The molecule has 0 aliphatic rings. The van der Waals surface area contributed by atoms with Crippen molar-refractivity contribution >= 4 is 22.6 Å². The van der Waals surface area contributed by atoms with Crippen LogP contribution in [0, 0.1) is 0 Å². The average molecular weight is 496 g/mol. The highest BCUT2D eigenvalue weighted by Crippen LogP contribution is 2.65. The van der Waals surface area contributed by atoms with Crippen molar-refractivity contribution in [3.05, 3.63) is 0 Å². The molecule has 0 nitrogen and oxygen atoms in total. The molecule has 0 aliphatic heterocycles. The zero-order valence-corrected chi connectivity index (χ0v) is 11.7. The maximum Gasteiger partial charge on any atom is 0.457 e. The SMILES string of the molecule is FC(F)(F)C(F)(F)C(F)(C(F)(F)F)C(F)(F)C(F)(I)C(F)(F)F. The Morgan fingerprint density at radius 1 is 0.391 bits per heavy atom. The van der Waals surface area contributed by atoms with Crippen LogP contribution in [0.1, 0.15) is 0 Å². The maximum absolute atomic E-state index is 13.3. The number of rotatable bonds is 3.